The molecule has 3 rings (SSSR count). The molecule has 1 fully saturated rings. The molecular weight excluding hydrogens is 276 g/mol. The molecule has 1 saturated heterocycles. The molecule has 1 N–H and O–H groups in total. The van der Waals surface area contributed by atoms with Gasteiger partial charge in [-0.2, -0.15) is 0 Å². The minimum atomic E-state index is 0.0878. The molecular formula is C18H20N2O2. The maximum Gasteiger partial charge on any atom is 0.254 e. The normalized spacial score (nSPS) is 14.6. The summed E-state index contributed by atoms with van der Waals surface area (Å²) in [6, 6.07) is 17.9. The number of benzene rings is 2. The second-order valence-electron chi connectivity index (χ2n) is 5.32. The van der Waals surface area contributed by atoms with E-state index in [-0.39, 0.29) is 5.91 Å². The third-order valence-electron chi connectivity index (χ3n) is 3.74. The van der Waals surface area contributed by atoms with Crippen LogP contribution >= 0.6 is 0 Å². The smallest absolute Gasteiger partial charge is 0.254 e. The molecule has 1 aliphatic rings. The summed E-state index contributed by atoms with van der Waals surface area (Å²) in [5.74, 6) is 0.0878. The molecule has 1 heterocycles. The number of anilines is 1. The van der Waals surface area contributed by atoms with Crippen molar-refractivity contribution >= 4 is 11.6 Å². The summed E-state index contributed by atoms with van der Waals surface area (Å²) >= 11 is 0. The molecule has 4 nitrogen and oxygen atoms in total. The second kappa shape index (κ2) is 7.09. The van der Waals surface area contributed by atoms with Gasteiger partial charge >= 0.3 is 0 Å². The number of hydrogen-bond donors (Lipinski definition) is 1. The highest BCUT2D eigenvalue weighted by molar-refractivity contribution is 5.94. The van der Waals surface area contributed by atoms with Crippen molar-refractivity contribution in [2.45, 2.75) is 6.54 Å². The van der Waals surface area contributed by atoms with E-state index in [1.807, 2.05) is 59.5 Å². The van der Waals surface area contributed by atoms with Crippen LogP contribution in [0.25, 0.3) is 0 Å². The second-order valence-corrected chi connectivity index (χ2v) is 5.32. The summed E-state index contributed by atoms with van der Waals surface area (Å²) < 4.78 is 5.29. The Labute approximate surface area is 130 Å². The first-order valence-electron chi connectivity index (χ1n) is 7.58. The van der Waals surface area contributed by atoms with E-state index >= 15 is 0 Å². The van der Waals surface area contributed by atoms with Gasteiger partial charge in [0.05, 0.1) is 13.2 Å². The summed E-state index contributed by atoms with van der Waals surface area (Å²) in [5, 5.41) is 3.36. The van der Waals surface area contributed by atoms with Gasteiger partial charge in [-0.05, 0) is 29.8 Å². The molecule has 1 amide bonds. The lowest BCUT2D eigenvalue weighted by Gasteiger charge is -2.27. The molecule has 0 saturated carbocycles. The number of nitrogens with one attached hydrogen (secondary N) is 1. The Hall–Kier alpha value is -2.33. The van der Waals surface area contributed by atoms with E-state index in [1.54, 1.807) is 0 Å². The third kappa shape index (κ3) is 3.65. The number of carbonyl (C=O) groups is 1. The number of rotatable bonds is 4. The van der Waals surface area contributed by atoms with Crippen LogP contribution in [0.1, 0.15) is 15.9 Å². The van der Waals surface area contributed by atoms with Gasteiger partial charge in [-0.15, -0.1) is 0 Å². The van der Waals surface area contributed by atoms with Gasteiger partial charge in [0.2, 0.25) is 0 Å². The number of para-hydroxylation sites is 1. The quantitative estimate of drug-likeness (QED) is 0.943. The van der Waals surface area contributed by atoms with Gasteiger partial charge in [0.25, 0.3) is 5.91 Å². The maximum absolute atomic E-state index is 12.5. The van der Waals surface area contributed by atoms with Crippen LogP contribution in [-0.2, 0) is 11.3 Å². The Bertz CT molecular complexity index is 622. The molecule has 114 valence electrons. The van der Waals surface area contributed by atoms with Crippen molar-refractivity contribution in [2.75, 3.05) is 31.6 Å². The monoisotopic (exact) mass is 296 g/mol. The van der Waals surface area contributed by atoms with Gasteiger partial charge < -0.3 is 15.0 Å². The molecule has 2 aromatic carbocycles. The topological polar surface area (TPSA) is 41.6 Å². The highest BCUT2D eigenvalue weighted by atomic mass is 16.5. The van der Waals surface area contributed by atoms with Gasteiger partial charge in [-0.1, -0.05) is 30.3 Å². The van der Waals surface area contributed by atoms with Crippen LogP contribution in [0.5, 0.6) is 0 Å². The Morgan fingerprint density at radius 1 is 1.05 bits per heavy atom. The van der Waals surface area contributed by atoms with Crippen molar-refractivity contribution in [3.05, 3.63) is 65.7 Å². The van der Waals surface area contributed by atoms with Gasteiger partial charge in [-0.3, -0.25) is 4.79 Å². The highest BCUT2D eigenvalue weighted by Crippen LogP contribution is 2.12. The molecule has 22 heavy (non-hydrogen) atoms. The van der Waals surface area contributed by atoms with E-state index in [1.165, 1.54) is 0 Å². The van der Waals surface area contributed by atoms with Crippen LogP contribution in [-0.4, -0.2) is 37.1 Å². The van der Waals surface area contributed by atoms with Gasteiger partial charge in [0.1, 0.15) is 0 Å². The van der Waals surface area contributed by atoms with E-state index in [0.29, 0.717) is 32.8 Å². The minimum Gasteiger partial charge on any atom is -0.381 e. The summed E-state index contributed by atoms with van der Waals surface area (Å²) in [6.45, 7) is 3.30. The number of carbonyl (C=O) groups excluding carboxylic acids is 1. The summed E-state index contributed by atoms with van der Waals surface area (Å²) in [5.41, 5.74) is 2.92. The summed E-state index contributed by atoms with van der Waals surface area (Å²) in [4.78, 5) is 14.3. The lowest BCUT2D eigenvalue weighted by atomic mass is 10.1. The Balaban J connectivity index is 1.65. The molecule has 0 bridgehead atoms. The molecule has 4 heteroatoms. The zero-order chi connectivity index (χ0) is 15.2. The predicted molar refractivity (Wildman–Crippen MR) is 86.9 cm³/mol. The fourth-order valence-corrected chi connectivity index (χ4v) is 2.52. The number of hydrogen-bond acceptors (Lipinski definition) is 3. The van der Waals surface area contributed by atoms with Crippen LogP contribution in [0.15, 0.2) is 54.6 Å². The molecule has 0 unspecified atom stereocenters. The van der Waals surface area contributed by atoms with Crippen molar-refractivity contribution in [3.63, 3.8) is 0 Å². The van der Waals surface area contributed by atoms with Crippen LogP contribution in [0.3, 0.4) is 0 Å². The molecule has 2 aromatic rings. The van der Waals surface area contributed by atoms with E-state index in [4.69, 9.17) is 4.74 Å². The summed E-state index contributed by atoms with van der Waals surface area (Å²) in [6.07, 6.45) is 0. The summed E-state index contributed by atoms with van der Waals surface area (Å²) in [7, 11) is 0. The molecule has 0 aliphatic carbocycles. The molecule has 0 aromatic heterocycles. The van der Waals surface area contributed by atoms with Gasteiger partial charge in [0, 0.05) is 30.9 Å². The average molecular weight is 296 g/mol. The van der Waals surface area contributed by atoms with E-state index in [0.717, 1.165) is 16.8 Å². The van der Waals surface area contributed by atoms with Crippen molar-refractivity contribution in [2.24, 2.45) is 0 Å². The molecule has 0 radical (unpaired) electrons. The zero-order valence-corrected chi connectivity index (χ0v) is 12.5. The van der Waals surface area contributed by atoms with Crippen LogP contribution in [0, 0.1) is 0 Å². The Morgan fingerprint density at radius 3 is 2.59 bits per heavy atom. The molecule has 1 aliphatic heterocycles. The molecule has 0 spiro atoms. The van der Waals surface area contributed by atoms with Gasteiger partial charge in [0.15, 0.2) is 0 Å². The number of nitrogens with zero attached hydrogens (tertiary/aromatic N) is 1. The number of morpholine rings is 1. The van der Waals surface area contributed by atoms with Gasteiger partial charge in [-0.25, -0.2) is 0 Å². The SMILES string of the molecule is O=C(c1cccc(CNc2ccccc2)c1)N1CCOCC1. The fourth-order valence-electron chi connectivity index (χ4n) is 2.52. The van der Waals surface area contributed by atoms with Crippen LogP contribution in [0.2, 0.25) is 0 Å². The third-order valence-corrected chi connectivity index (χ3v) is 3.74. The largest absolute Gasteiger partial charge is 0.381 e. The minimum absolute atomic E-state index is 0.0878. The molecule has 0 atom stereocenters. The number of amides is 1. The predicted octanol–water partition coefficient (Wildman–Crippen LogP) is 2.77. The first kappa shape index (κ1) is 14.6. The van der Waals surface area contributed by atoms with Crippen LogP contribution in [0.4, 0.5) is 5.69 Å². The van der Waals surface area contributed by atoms with E-state index < -0.39 is 0 Å². The van der Waals surface area contributed by atoms with Crippen molar-refractivity contribution < 1.29 is 9.53 Å². The zero-order valence-electron chi connectivity index (χ0n) is 12.5. The maximum atomic E-state index is 12.5. The number of ether oxygens (including phenoxy) is 1. The van der Waals surface area contributed by atoms with E-state index in [9.17, 15) is 4.79 Å². The van der Waals surface area contributed by atoms with Crippen molar-refractivity contribution in [3.8, 4) is 0 Å². The highest BCUT2D eigenvalue weighted by Gasteiger charge is 2.18. The lowest BCUT2D eigenvalue weighted by Crippen LogP contribution is -2.40. The Kier molecular flexibility index (Phi) is 4.71. The van der Waals surface area contributed by atoms with Crippen molar-refractivity contribution in [1.29, 1.82) is 0 Å². The standard InChI is InChI=1S/C18H20N2O2/c21-18(20-9-11-22-12-10-20)16-6-4-5-15(13-16)14-19-17-7-2-1-3-8-17/h1-8,13,19H,9-12,14H2. The fraction of sp³-hybridized carbons (Fsp3) is 0.278. The van der Waals surface area contributed by atoms with Crippen molar-refractivity contribution in [1.82, 2.24) is 4.90 Å². The average Bonchev–Trinajstić information content (AvgIpc) is 2.61. The van der Waals surface area contributed by atoms with E-state index in [2.05, 4.69) is 5.32 Å². The lowest BCUT2D eigenvalue weighted by molar-refractivity contribution is 0.0303. The first-order chi connectivity index (χ1) is 10.8. The first-order valence-corrected chi connectivity index (χ1v) is 7.58. The van der Waals surface area contributed by atoms with Crippen LogP contribution < -0.4 is 5.32 Å². The Morgan fingerprint density at radius 2 is 1.82 bits per heavy atom.